The summed E-state index contributed by atoms with van der Waals surface area (Å²) >= 11 is 1.47. The van der Waals surface area contributed by atoms with Crippen LogP contribution in [0.5, 0.6) is 0 Å². The zero-order valence-corrected chi connectivity index (χ0v) is 20.3. The Morgan fingerprint density at radius 2 is 1.91 bits per heavy atom. The van der Waals surface area contributed by atoms with Crippen molar-refractivity contribution in [3.63, 3.8) is 0 Å². The van der Waals surface area contributed by atoms with Crippen LogP contribution in [0.25, 0.3) is 10.2 Å². The fourth-order valence-corrected chi connectivity index (χ4v) is 6.25. The van der Waals surface area contributed by atoms with Crippen molar-refractivity contribution in [1.82, 2.24) is 4.98 Å². The first-order valence-electron chi connectivity index (χ1n) is 10.8. The molecule has 6 nitrogen and oxygen atoms in total. The monoisotopic (exact) mass is 472 g/mol. The average Bonchev–Trinajstić information content (AvgIpc) is 3.40. The van der Waals surface area contributed by atoms with Crippen molar-refractivity contribution >= 4 is 42.4 Å². The first-order chi connectivity index (χ1) is 15.2. The lowest BCUT2D eigenvalue weighted by Gasteiger charge is -2.23. The van der Waals surface area contributed by atoms with Crippen molar-refractivity contribution in [3.8, 4) is 0 Å². The molecule has 0 spiro atoms. The van der Waals surface area contributed by atoms with Crippen molar-refractivity contribution in [2.75, 3.05) is 23.8 Å². The van der Waals surface area contributed by atoms with E-state index < -0.39 is 9.84 Å². The molecule has 1 aliphatic heterocycles. The number of benzene rings is 2. The van der Waals surface area contributed by atoms with E-state index in [4.69, 9.17) is 9.72 Å². The van der Waals surface area contributed by atoms with Gasteiger partial charge in [-0.2, -0.15) is 0 Å². The van der Waals surface area contributed by atoms with Gasteiger partial charge in [-0.1, -0.05) is 35.1 Å². The summed E-state index contributed by atoms with van der Waals surface area (Å²) in [6.07, 6.45) is 1.69. The van der Waals surface area contributed by atoms with Gasteiger partial charge >= 0.3 is 0 Å². The van der Waals surface area contributed by atoms with E-state index in [-0.39, 0.29) is 29.1 Å². The lowest BCUT2D eigenvalue weighted by Crippen LogP contribution is -2.38. The maximum absolute atomic E-state index is 13.3. The number of sulfone groups is 1. The highest BCUT2D eigenvalue weighted by atomic mass is 32.2. The van der Waals surface area contributed by atoms with E-state index >= 15 is 0 Å². The fourth-order valence-electron chi connectivity index (χ4n) is 3.98. The molecule has 2 heterocycles. The number of ether oxygens (including phenoxy) is 1. The van der Waals surface area contributed by atoms with Crippen molar-refractivity contribution < 1.29 is 17.9 Å². The summed E-state index contributed by atoms with van der Waals surface area (Å²) in [7, 11) is -3.55. The van der Waals surface area contributed by atoms with Gasteiger partial charge in [-0.3, -0.25) is 9.69 Å². The van der Waals surface area contributed by atoms with E-state index in [1.54, 1.807) is 29.2 Å². The minimum atomic E-state index is -3.55. The van der Waals surface area contributed by atoms with Crippen molar-refractivity contribution in [2.24, 2.45) is 0 Å². The van der Waals surface area contributed by atoms with Gasteiger partial charge in [0.15, 0.2) is 15.0 Å². The number of carbonyl (C=O) groups is 1. The van der Waals surface area contributed by atoms with Crippen LogP contribution in [0.15, 0.2) is 41.3 Å². The van der Waals surface area contributed by atoms with E-state index in [1.807, 2.05) is 26.8 Å². The van der Waals surface area contributed by atoms with Gasteiger partial charge < -0.3 is 4.74 Å². The molecule has 1 aromatic heterocycles. The SMILES string of the molecule is Cc1ccc(S(=O)(=O)CCC(=O)N(CC2CCCO2)c2nc3cc(C)cc(C)c3s2)cc1. The molecule has 0 radical (unpaired) electrons. The van der Waals surface area contributed by atoms with Gasteiger partial charge in [-0.05, 0) is 62.9 Å². The molecular weight excluding hydrogens is 444 g/mol. The van der Waals surface area contributed by atoms with Crippen LogP contribution in [0.4, 0.5) is 5.13 Å². The largest absolute Gasteiger partial charge is 0.376 e. The standard InChI is InChI=1S/C24H28N2O4S2/c1-16-6-8-20(9-7-16)32(28,29)12-10-22(27)26(15-19-5-4-11-30-19)24-25-21-14-17(2)13-18(3)23(21)31-24/h6-9,13-14,19H,4-5,10-12,15H2,1-3H3. The highest BCUT2D eigenvalue weighted by molar-refractivity contribution is 7.91. The summed E-state index contributed by atoms with van der Waals surface area (Å²) in [5.74, 6) is -0.482. The Kier molecular flexibility index (Phi) is 6.65. The molecule has 4 rings (SSSR count). The Balaban J connectivity index is 1.58. The summed E-state index contributed by atoms with van der Waals surface area (Å²) in [5, 5.41) is 0.599. The number of nitrogens with zero attached hydrogens (tertiary/aromatic N) is 2. The highest BCUT2D eigenvalue weighted by Gasteiger charge is 2.27. The molecular formula is C24H28N2O4S2. The second-order valence-electron chi connectivity index (χ2n) is 8.45. The Bertz CT molecular complexity index is 1230. The normalized spacial score (nSPS) is 16.5. The molecule has 8 heteroatoms. The minimum Gasteiger partial charge on any atom is -0.376 e. The maximum Gasteiger partial charge on any atom is 0.229 e. The molecule has 1 fully saturated rings. The molecule has 170 valence electrons. The van der Waals surface area contributed by atoms with Crippen LogP contribution in [0.2, 0.25) is 0 Å². The van der Waals surface area contributed by atoms with Crippen LogP contribution in [-0.4, -0.2) is 44.3 Å². The lowest BCUT2D eigenvalue weighted by atomic mass is 10.1. The Morgan fingerprint density at radius 1 is 1.16 bits per heavy atom. The summed E-state index contributed by atoms with van der Waals surface area (Å²) in [6, 6.07) is 10.8. The molecule has 32 heavy (non-hydrogen) atoms. The third-order valence-corrected chi connectivity index (χ3v) is 8.68. The zero-order chi connectivity index (χ0) is 22.9. The number of fused-ring (bicyclic) bond motifs is 1. The van der Waals surface area contributed by atoms with E-state index in [1.165, 1.54) is 11.3 Å². The number of carbonyl (C=O) groups excluding carboxylic acids is 1. The highest BCUT2D eigenvalue weighted by Crippen LogP contribution is 2.33. The Hall–Kier alpha value is -2.29. The summed E-state index contributed by atoms with van der Waals surface area (Å²) in [5.41, 5.74) is 4.09. The van der Waals surface area contributed by atoms with Crippen LogP contribution < -0.4 is 4.90 Å². The molecule has 1 unspecified atom stereocenters. The van der Waals surface area contributed by atoms with Gasteiger partial charge in [0.2, 0.25) is 5.91 Å². The molecule has 1 aliphatic rings. The number of aryl methyl sites for hydroxylation is 3. The van der Waals surface area contributed by atoms with Crippen molar-refractivity contribution in [2.45, 2.75) is 51.0 Å². The number of thiazole rings is 1. The first-order valence-corrected chi connectivity index (χ1v) is 13.3. The minimum absolute atomic E-state index is 0.0532. The summed E-state index contributed by atoms with van der Waals surface area (Å²) in [6.45, 7) is 7.05. The zero-order valence-electron chi connectivity index (χ0n) is 18.6. The van der Waals surface area contributed by atoms with Crippen molar-refractivity contribution in [3.05, 3.63) is 53.1 Å². The van der Waals surface area contributed by atoms with E-state index in [0.717, 1.165) is 39.7 Å². The Labute approximate surface area is 193 Å². The number of hydrogen-bond acceptors (Lipinski definition) is 6. The lowest BCUT2D eigenvalue weighted by molar-refractivity contribution is -0.118. The number of aromatic nitrogens is 1. The topological polar surface area (TPSA) is 76.6 Å². The molecule has 0 N–H and O–H groups in total. The number of rotatable bonds is 7. The average molecular weight is 473 g/mol. The number of amides is 1. The van der Waals surface area contributed by atoms with Crippen LogP contribution >= 0.6 is 11.3 Å². The summed E-state index contributed by atoms with van der Waals surface area (Å²) < 4.78 is 32.3. The molecule has 1 amide bonds. The number of hydrogen-bond donors (Lipinski definition) is 0. The van der Waals surface area contributed by atoms with Crippen LogP contribution in [0.1, 0.15) is 36.0 Å². The van der Waals surface area contributed by atoms with E-state index in [2.05, 4.69) is 6.07 Å². The molecule has 1 atom stereocenters. The summed E-state index contributed by atoms with van der Waals surface area (Å²) in [4.78, 5) is 19.9. The molecule has 3 aromatic rings. The second kappa shape index (κ2) is 9.29. The van der Waals surface area contributed by atoms with Gasteiger partial charge in [0.05, 0.1) is 33.5 Å². The van der Waals surface area contributed by atoms with Crippen LogP contribution in [0.3, 0.4) is 0 Å². The molecule has 0 bridgehead atoms. The van der Waals surface area contributed by atoms with Gasteiger partial charge in [-0.25, -0.2) is 13.4 Å². The number of anilines is 1. The second-order valence-corrected chi connectivity index (χ2v) is 11.5. The maximum atomic E-state index is 13.3. The van der Waals surface area contributed by atoms with Crippen molar-refractivity contribution in [1.29, 1.82) is 0 Å². The molecule has 0 aliphatic carbocycles. The first kappa shape index (κ1) is 22.9. The predicted molar refractivity (Wildman–Crippen MR) is 128 cm³/mol. The Morgan fingerprint density at radius 3 is 2.59 bits per heavy atom. The third-order valence-electron chi connectivity index (χ3n) is 5.72. The van der Waals surface area contributed by atoms with E-state index in [9.17, 15) is 13.2 Å². The molecule has 2 aromatic carbocycles. The van der Waals surface area contributed by atoms with Gasteiger partial charge in [0.1, 0.15) is 0 Å². The smallest absolute Gasteiger partial charge is 0.229 e. The quantitative estimate of drug-likeness (QED) is 0.502. The molecule has 0 saturated carbocycles. The predicted octanol–water partition coefficient (Wildman–Crippen LogP) is 4.60. The van der Waals surface area contributed by atoms with Crippen LogP contribution in [0, 0.1) is 20.8 Å². The fraction of sp³-hybridized carbons (Fsp3) is 0.417. The van der Waals surface area contributed by atoms with Gasteiger partial charge in [0, 0.05) is 13.0 Å². The van der Waals surface area contributed by atoms with Crippen LogP contribution in [-0.2, 0) is 19.4 Å². The van der Waals surface area contributed by atoms with E-state index in [0.29, 0.717) is 18.3 Å². The molecule has 1 saturated heterocycles. The third kappa shape index (κ3) is 5.03. The van der Waals surface area contributed by atoms with Gasteiger partial charge in [-0.15, -0.1) is 0 Å². The van der Waals surface area contributed by atoms with Gasteiger partial charge in [0.25, 0.3) is 0 Å².